The highest BCUT2D eigenvalue weighted by Gasteiger charge is 2.22. The quantitative estimate of drug-likeness (QED) is 0.605. The van der Waals surface area contributed by atoms with Crippen LogP contribution < -0.4 is 9.47 Å². The molecule has 1 aliphatic heterocycles. The summed E-state index contributed by atoms with van der Waals surface area (Å²) in [6.07, 6.45) is 1.68. The lowest BCUT2D eigenvalue weighted by molar-refractivity contribution is -0.136. The molecule has 0 saturated heterocycles. The van der Waals surface area contributed by atoms with Crippen molar-refractivity contribution in [3.8, 4) is 11.5 Å². The van der Waals surface area contributed by atoms with Gasteiger partial charge in [0.1, 0.15) is 0 Å². The number of nitrogens with zero attached hydrogens (tertiary/aromatic N) is 1. The number of methoxy groups -OCH3 is 2. The Bertz CT molecular complexity index is 546. The summed E-state index contributed by atoms with van der Waals surface area (Å²) in [4.78, 5) is 16.1. The molecule has 0 aliphatic carbocycles. The summed E-state index contributed by atoms with van der Waals surface area (Å²) >= 11 is 0. The van der Waals surface area contributed by atoms with E-state index >= 15 is 0 Å². The molecule has 0 atom stereocenters. The molecule has 1 aliphatic rings. The van der Waals surface area contributed by atoms with E-state index in [1.54, 1.807) is 33.3 Å². The number of rotatable bonds is 3. The van der Waals surface area contributed by atoms with Crippen molar-refractivity contribution in [1.82, 2.24) is 0 Å². The maximum Gasteiger partial charge on any atom is 0.367 e. The molecule has 5 heteroatoms. The molecular weight excluding hydrogens is 234 g/mol. The average molecular weight is 247 g/mol. The van der Waals surface area contributed by atoms with Gasteiger partial charge in [0.2, 0.25) is 0 Å². The largest absolute Gasteiger partial charge is 0.493 e. The summed E-state index contributed by atoms with van der Waals surface area (Å²) in [7, 11) is 3.11. The molecule has 0 saturated carbocycles. The molecular formula is C13H13NO4. The van der Waals surface area contributed by atoms with Crippen LogP contribution in [0.1, 0.15) is 12.5 Å². The Morgan fingerprint density at radius 1 is 1.28 bits per heavy atom. The van der Waals surface area contributed by atoms with Crippen molar-refractivity contribution < 1.29 is 19.1 Å². The van der Waals surface area contributed by atoms with Gasteiger partial charge in [0, 0.05) is 5.56 Å². The van der Waals surface area contributed by atoms with Crippen LogP contribution in [-0.4, -0.2) is 25.9 Å². The Labute approximate surface area is 105 Å². The van der Waals surface area contributed by atoms with E-state index in [0.717, 1.165) is 5.56 Å². The molecule has 0 N–H and O–H groups in total. The third-order valence-electron chi connectivity index (χ3n) is 2.61. The number of hydrogen-bond donors (Lipinski definition) is 0. The zero-order chi connectivity index (χ0) is 13.1. The first-order valence-corrected chi connectivity index (χ1v) is 5.36. The molecule has 0 spiro atoms. The summed E-state index contributed by atoms with van der Waals surface area (Å²) in [5, 5.41) is 3.62. The van der Waals surface area contributed by atoms with Crippen LogP contribution in [0.5, 0.6) is 11.5 Å². The van der Waals surface area contributed by atoms with Crippen LogP contribution >= 0.6 is 0 Å². The molecule has 0 unspecified atom stereocenters. The highest BCUT2D eigenvalue weighted by molar-refractivity contribution is 6.24. The monoisotopic (exact) mass is 247 g/mol. The minimum atomic E-state index is -0.461. The molecule has 18 heavy (non-hydrogen) atoms. The number of carbonyl (C=O) groups is 1. The van der Waals surface area contributed by atoms with Gasteiger partial charge in [0.15, 0.2) is 11.5 Å². The topological polar surface area (TPSA) is 57.1 Å². The summed E-state index contributed by atoms with van der Waals surface area (Å²) in [5.41, 5.74) is 1.70. The Hall–Kier alpha value is -2.30. The summed E-state index contributed by atoms with van der Waals surface area (Å²) in [6.45, 7) is 1.71. The molecule has 0 bridgehead atoms. The molecule has 0 amide bonds. The van der Waals surface area contributed by atoms with Crippen LogP contribution in [0.15, 0.2) is 28.9 Å². The molecule has 2 rings (SSSR count). The summed E-state index contributed by atoms with van der Waals surface area (Å²) in [6, 6.07) is 5.43. The smallest absolute Gasteiger partial charge is 0.367 e. The van der Waals surface area contributed by atoms with Crippen molar-refractivity contribution in [2.24, 2.45) is 5.16 Å². The van der Waals surface area contributed by atoms with E-state index in [1.165, 1.54) is 0 Å². The second-order valence-corrected chi connectivity index (χ2v) is 3.70. The molecule has 1 aromatic carbocycles. The van der Waals surface area contributed by atoms with Crippen molar-refractivity contribution in [3.05, 3.63) is 29.3 Å². The molecule has 1 heterocycles. The van der Waals surface area contributed by atoms with Crippen LogP contribution in [0.2, 0.25) is 0 Å². The zero-order valence-corrected chi connectivity index (χ0v) is 10.4. The first-order chi connectivity index (χ1) is 8.67. The summed E-state index contributed by atoms with van der Waals surface area (Å²) in [5.74, 6) is 0.713. The second kappa shape index (κ2) is 4.91. The van der Waals surface area contributed by atoms with Gasteiger partial charge in [-0.25, -0.2) is 4.79 Å². The number of benzene rings is 1. The number of oxime groups is 1. The van der Waals surface area contributed by atoms with Crippen LogP contribution in [0.3, 0.4) is 0 Å². The van der Waals surface area contributed by atoms with Gasteiger partial charge in [-0.05, 0) is 19.1 Å². The highest BCUT2D eigenvalue weighted by atomic mass is 16.7. The number of carbonyl (C=O) groups excluding carboxylic acids is 1. The van der Waals surface area contributed by atoms with Crippen LogP contribution in [-0.2, 0) is 9.63 Å². The van der Waals surface area contributed by atoms with Crippen molar-refractivity contribution in [3.63, 3.8) is 0 Å². The minimum Gasteiger partial charge on any atom is -0.493 e. The van der Waals surface area contributed by atoms with Gasteiger partial charge >= 0.3 is 5.97 Å². The number of para-hydroxylation sites is 1. The first-order valence-electron chi connectivity index (χ1n) is 5.36. The molecule has 94 valence electrons. The lowest BCUT2D eigenvalue weighted by Gasteiger charge is -2.10. The molecule has 0 aromatic heterocycles. The van der Waals surface area contributed by atoms with E-state index in [0.29, 0.717) is 22.8 Å². The molecule has 0 radical (unpaired) electrons. The standard InChI is InChI=1S/C13H13NO4/c1-8-10(13(15)18-14-8)7-9-5-4-6-11(16-2)12(9)17-3/h4-7H,1-3H3. The van der Waals surface area contributed by atoms with Gasteiger partial charge in [-0.3, -0.25) is 0 Å². The first kappa shape index (κ1) is 12.2. The van der Waals surface area contributed by atoms with E-state index in [-0.39, 0.29) is 0 Å². The van der Waals surface area contributed by atoms with Crippen molar-refractivity contribution in [2.75, 3.05) is 14.2 Å². The molecule has 1 aromatic rings. The fourth-order valence-electron chi connectivity index (χ4n) is 1.70. The lowest BCUT2D eigenvalue weighted by atomic mass is 10.1. The van der Waals surface area contributed by atoms with Gasteiger partial charge in [-0.2, -0.15) is 0 Å². The maximum atomic E-state index is 11.5. The molecule has 5 nitrogen and oxygen atoms in total. The third-order valence-corrected chi connectivity index (χ3v) is 2.61. The highest BCUT2D eigenvalue weighted by Crippen LogP contribution is 2.32. The van der Waals surface area contributed by atoms with Gasteiger partial charge in [0.05, 0.1) is 25.5 Å². The van der Waals surface area contributed by atoms with Gasteiger partial charge < -0.3 is 14.3 Å². The van der Waals surface area contributed by atoms with E-state index in [1.807, 2.05) is 12.1 Å². The Morgan fingerprint density at radius 2 is 2.06 bits per heavy atom. The second-order valence-electron chi connectivity index (χ2n) is 3.70. The SMILES string of the molecule is COc1cccc(C=C2C(=O)ON=C2C)c1OC. The average Bonchev–Trinajstić information content (AvgIpc) is 2.70. The predicted molar refractivity (Wildman–Crippen MR) is 66.7 cm³/mol. The van der Waals surface area contributed by atoms with E-state index < -0.39 is 5.97 Å². The number of hydrogen-bond acceptors (Lipinski definition) is 5. The lowest BCUT2D eigenvalue weighted by Crippen LogP contribution is -2.02. The van der Waals surface area contributed by atoms with Crippen LogP contribution in [0.25, 0.3) is 6.08 Å². The zero-order valence-electron chi connectivity index (χ0n) is 10.4. The fraction of sp³-hybridized carbons (Fsp3) is 0.231. The van der Waals surface area contributed by atoms with E-state index in [9.17, 15) is 4.79 Å². The van der Waals surface area contributed by atoms with Gasteiger partial charge in [-0.15, -0.1) is 0 Å². The van der Waals surface area contributed by atoms with Crippen molar-refractivity contribution in [1.29, 1.82) is 0 Å². The maximum absolute atomic E-state index is 11.5. The van der Waals surface area contributed by atoms with Crippen molar-refractivity contribution in [2.45, 2.75) is 6.92 Å². The van der Waals surface area contributed by atoms with Gasteiger partial charge in [-0.1, -0.05) is 17.3 Å². The molecule has 0 fully saturated rings. The minimum absolute atomic E-state index is 0.418. The normalized spacial score (nSPS) is 16.5. The van der Waals surface area contributed by atoms with Gasteiger partial charge in [0.25, 0.3) is 0 Å². The van der Waals surface area contributed by atoms with Crippen LogP contribution in [0.4, 0.5) is 0 Å². The number of ether oxygens (including phenoxy) is 2. The summed E-state index contributed by atoms with van der Waals surface area (Å²) < 4.78 is 10.5. The Kier molecular flexibility index (Phi) is 3.32. The van der Waals surface area contributed by atoms with E-state index in [2.05, 4.69) is 9.99 Å². The third kappa shape index (κ3) is 2.07. The van der Waals surface area contributed by atoms with Crippen molar-refractivity contribution >= 4 is 17.8 Å². The van der Waals surface area contributed by atoms with E-state index in [4.69, 9.17) is 9.47 Å². The Balaban J connectivity index is 2.49. The predicted octanol–water partition coefficient (Wildman–Crippen LogP) is 2.02. The van der Waals surface area contributed by atoms with Crippen LogP contribution in [0, 0.1) is 0 Å². The fourth-order valence-corrected chi connectivity index (χ4v) is 1.70. The Morgan fingerprint density at radius 3 is 2.61 bits per heavy atom.